The molecule has 0 unspecified atom stereocenters. The zero-order chi connectivity index (χ0) is 9.14. The van der Waals surface area contributed by atoms with Crippen molar-refractivity contribution in [2.75, 3.05) is 13.2 Å². The van der Waals surface area contributed by atoms with E-state index < -0.39 is 24.6 Å². The van der Waals surface area contributed by atoms with Gasteiger partial charge in [-0.3, -0.25) is 0 Å². The largest absolute Gasteiger partial charge is 0.388 e. The van der Waals surface area contributed by atoms with E-state index in [-0.39, 0.29) is 6.61 Å². The van der Waals surface area contributed by atoms with Crippen molar-refractivity contribution in [2.24, 2.45) is 0 Å². The highest BCUT2D eigenvalue weighted by Gasteiger charge is 2.37. The fraction of sp³-hybridized carbons (Fsp3) is 1.00. The Morgan fingerprint density at radius 1 is 1.33 bits per heavy atom. The van der Waals surface area contributed by atoms with Gasteiger partial charge in [0, 0.05) is 6.61 Å². The molecule has 1 fully saturated rings. The molecule has 72 valence electrons. The predicted octanol–water partition coefficient (Wildman–Crippen LogP) is -1.54. The Kier molecular flexibility index (Phi) is 3.42. The fourth-order valence-electron chi connectivity index (χ4n) is 1.09. The first-order valence-electron chi connectivity index (χ1n) is 3.94. The Morgan fingerprint density at radius 3 is 2.58 bits per heavy atom. The van der Waals surface area contributed by atoms with E-state index >= 15 is 0 Å². The van der Waals surface area contributed by atoms with Gasteiger partial charge in [0.15, 0.2) is 6.29 Å². The standard InChI is InChI=1S/C7H14O5/c1-2-11-7-6(10)5(9)4(8)3-12-7/h4-10H,2-3H2,1H3/t4-,5-,6+,7+/m0/s1. The van der Waals surface area contributed by atoms with Gasteiger partial charge in [-0.2, -0.15) is 0 Å². The Labute approximate surface area is 70.5 Å². The second-order valence-electron chi connectivity index (χ2n) is 2.71. The molecule has 0 spiro atoms. The fourth-order valence-corrected chi connectivity index (χ4v) is 1.09. The van der Waals surface area contributed by atoms with E-state index in [0.717, 1.165) is 0 Å². The molecule has 12 heavy (non-hydrogen) atoms. The summed E-state index contributed by atoms with van der Waals surface area (Å²) in [5.74, 6) is 0. The van der Waals surface area contributed by atoms with E-state index in [1.165, 1.54) is 0 Å². The summed E-state index contributed by atoms with van der Waals surface area (Å²) in [5.41, 5.74) is 0. The number of aliphatic hydroxyl groups excluding tert-OH is 3. The highest BCUT2D eigenvalue weighted by atomic mass is 16.7. The van der Waals surface area contributed by atoms with Crippen molar-refractivity contribution in [1.29, 1.82) is 0 Å². The smallest absolute Gasteiger partial charge is 0.186 e. The maximum Gasteiger partial charge on any atom is 0.186 e. The highest BCUT2D eigenvalue weighted by molar-refractivity contribution is 4.82. The van der Waals surface area contributed by atoms with Crippen LogP contribution in [0.25, 0.3) is 0 Å². The normalized spacial score (nSPS) is 43.0. The van der Waals surface area contributed by atoms with Crippen molar-refractivity contribution in [3.8, 4) is 0 Å². The summed E-state index contributed by atoms with van der Waals surface area (Å²) in [6, 6.07) is 0. The van der Waals surface area contributed by atoms with Crippen LogP contribution in [0.15, 0.2) is 0 Å². The van der Waals surface area contributed by atoms with Crippen LogP contribution in [0, 0.1) is 0 Å². The van der Waals surface area contributed by atoms with Gasteiger partial charge in [-0.1, -0.05) is 0 Å². The summed E-state index contributed by atoms with van der Waals surface area (Å²) in [6.45, 7) is 2.14. The molecule has 0 amide bonds. The third kappa shape index (κ3) is 1.94. The van der Waals surface area contributed by atoms with Crippen molar-refractivity contribution in [3.05, 3.63) is 0 Å². The summed E-state index contributed by atoms with van der Waals surface area (Å²) in [4.78, 5) is 0. The van der Waals surface area contributed by atoms with Gasteiger partial charge in [-0.15, -0.1) is 0 Å². The van der Waals surface area contributed by atoms with E-state index in [2.05, 4.69) is 0 Å². The molecule has 0 radical (unpaired) electrons. The Balaban J connectivity index is 2.46. The molecule has 1 heterocycles. The summed E-state index contributed by atoms with van der Waals surface area (Å²) in [6.07, 6.45) is -4.21. The molecule has 4 atom stereocenters. The molecule has 1 rings (SSSR count). The Morgan fingerprint density at radius 2 is 2.00 bits per heavy atom. The molecular weight excluding hydrogens is 164 g/mol. The molecule has 0 saturated carbocycles. The zero-order valence-corrected chi connectivity index (χ0v) is 6.88. The van der Waals surface area contributed by atoms with Crippen LogP contribution in [-0.4, -0.2) is 53.1 Å². The second kappa shape index (κ2) is 4.15. The lowest BCUT2D eigenvalue weighted by molar-refractivity contribution is -0.268. The van der Waals surface area contributed by atoms with Crippen LogP contribution in [0.4, 0.5) is 0 Å². The summed E-state index contributed by atoms with van der Waals surface area (Å²) < 4.78 is 9.90. The topological polar surface area (TPSA) is 79.2 Å². The highest BCUT2D eigenvalue weighted by Crippen LogP contribution is 2.15. The summed E-state index contributed by atoms with van der Waals surface area (Å²) in [5, 5.41) is 27.5. The number of ether oxygens (including phenoxy) is 2. The first-order valence-corrected chi connectivity index (χ1v) is 3.94. The number of hydrogen-bond donors (Lipinski definition) is 3. The van der Waals surface area contributed by atoms with Crippen molar-refractivity contribution < 1.29 is 24.8 Å². The van der Waals surface area contributed by atoms with Crippen LogP contribution < -0.4 is 0 Å². The molecule has 0 aromatic heterocycles. The van der Waals surface area contributed by atoms with Gasteiger partial charge >= 0.3 is 0 Å². The molecule has 1 aliphatic heterocycles. The van der Waals surface area contributed by atoms with E-state index in [1.807, 2.05) is 0 Å². The van der Waals surface area contributed by atoms with Gasteiger partial charge in [-0.05, 0) is 6.92 Å². The van der Waals surface area contributed by atoms with Crippen molar-refractivity contribution in [1.82, 2.24) is 0 Å². The minimum atomic E-state index is -1.18. The zero-order valence-electron chi connectivity index (χ0n) is 6.88. The lowest BCUT2D eigenvalue weighted by Gasteiger charge is -2.34. The van der Waals surface area contributed by atoms with E-state index in [4.69, 9.17) is 14.6 Å². The second-order valence-corrected chi connectivity index (χ2v) is 2.71. The maximum absolute atomic E-state index is 9.28. The van der Waals surface area contributed by atoms with Gasteiger partial charge in [0.05, 0.1) is 6.61 Å². The maximum atomic E-state index is 9.28. The third-order valence-electron chi connectivity index (χ3n) is 1.79. The predicted molar refractivity (Wildman–Crippen MR) is 39.4 cm³/mol. The minimum absolute atomic E-state index is 0.0110. The van der Waals surface area contributed by atoms with Crippen molar-refractivity contribution in [3.63, 3.8) is 0 Å². The molecule has 5 heteroatoms. The third-order valence-corrected chi connectivity index (χ3v) is 1.79. The number of rotatable bonds is 2. The van der Waals surface area contributed by atoms with Crippen molar-refractivity contribution in [2.45, 2.75) is 31.5 Å². The molecule has 5 nitrogen and oxygen atoms in total. The van der Waals surface area contributed by atoms with Crippen LogP contribution in [0.2, 0.25) is 0 Å². The van der Waals surface area contributed by atoms with Gasteiger partial charge in [-0.25, -0.2) is 0 Å². The van der Waals surface area contributed by atoms with E-state index in [1.54, 1.807) is 6.92 Å². The molecular formula is C7H14O5. The van der Waals surface area contributed by atoms with E-state index in [0.29, 0.717) is 6.61 Å². The van der Waals surface area contributed by atoms with Crippen LogP contribution in [-0.2, 0) is 9.47 Å². The average Bonchev–Trinajstić information content (AvgIpc) is 2.07. The average molecular weight is 178 g/mol. The monoisotopic (exact) mass is 178 g/mol. The van der Waals surface area contributed by atoms with Crippen LogP contribution >= 0.6 is 0 Å². The van der Waals surface area contributed by atoms with Crippen LogP contribution in [0.1, 0.15) is 6.92 Å². The lowest BCUT2D eigenvalue weighted by Crippen LogP contribution is -2.53. The van der Waals surface area contributed by atoms with Crippen molar-refractivity contribution >= 4 is 0 Å². The van der Waals surface area contributed by atoms with Gasteiger partial charge < -0.3 is 24.8 Å². The summed E-state index contributed by atoms with van der Waals surface area (Å²) in [7, 11) is 0. The quantitative estimate of drug-likeness (QED) is 0.477. The van der Waals surface area contributed by atoms with E-state index in [9.17, 15) is 10.2 Å². The molecule has 1 aliphatic rings. The van der Waals surface area contributed by atoms with Gasteiger partial charge in [0.2, 0.25) is 0 Å². The first kappa shape index (κ1) is 9.88. The minimum Gasteiger partial charge on any atom is -0.388 e. The summed E-state index contributed by atoms with van der Waals surface area (Å²) >= 11 is 0. The molecule has 1 saturated heterocycles. The van der Waals surface area contributed by atoms with Gasteiger partial charge in [0.25, 0.3) is 0 Å². The SMILES string of the molecule is CCO[C@@H]1OC[C@H](O)[C@H](O)[C@H]1O. The Bertz CT molecular complexity index is 140. The van der Waals surface area contributed by atoms with Crippen LogP contribution in [0.3, 0.4) is 0 Å². The molecule has 0 bridgehead atoms. The molecule has 0 aliphatic carbocycles. The Hall–Kier alpha value is -0.200. The molecule has 0 aromatic carbocycles. The molecule has 0 aromatic rings. The van der Waals surface area contributed by atoms with Crippen LogP contribution in [0.5, 0.6) is 0 Å². The lowest BCUT2D eigenvalue weighted by atomic mass is 10.1. The molecule has 3 N–H and O–H groups in total. The number of hydrogen-bond acceptors (Lipinski definition) is 5. The first-order chi connectivity index (χ1) is 5.66. The van der Waals surface area contributed by atoms with Gasteiger partial charge in [0.1, 0.15) is 18.3 Å². The number of aliphatic hydroxyl groups is 3.